The molecular weight excluding hydrogens is 246 g/mol. The summed E-state index contributed by atoms with van der Waals surface area (Å²) in [6.07, 6.45) is 4.18. The molecule has 0 heterocycles. The molecule has 0 aromatic carbocycles. The molecule has 0 amide bonds. The smallest absolute Gasteiger partial charge is 0.306 e. The van der Waals surface area contributed by atoms with Gasteiger partial charge >= 0.3 is 5.97 Å². The molecule has 1 aliphatic carbocycles. The lowest BCUT2D eigenvalue weighted by molar-refractivity contribution is -0.141. The van der Waals surface area contributed by atoms with E-state index in [9.17, 15) is 4.79 Å². The largest absolute Gasteiger partial charge is 0.469 e. The van der Waals surface area contributed by atoms with Crippen LogP contribution in [-0.4, -0.2) is 37.7 Å². The fourth-order valence-corrected chi connectivity index (χ4v) is 3.84. The van der Waals surface area contributed by atoms with Crippen molar-refractivity contribution in [3.05, 3.63) is 0 Å². The number of carbonyl (C=O) groups excluding carboxylic acids is 1. The maximum absolute atomic E-state index is 11.3. The number of carbonyl (C=O) groups is 1. The molecule has 1 aliphatic rings. The van der Waals surface area contributed by atoms with Crippen molar-refractivity contribution in [2.75, 3.05) is 25.7 Å². The molecule has 1 saturated carbocycles. The van der Waals surface area contributed by atoms with Gasteiger partial charge in [0.05, 0.1) is 13.5 Å². The van der Waals surface area contributed by atoms with Crippen molar-refractivity contribution in [1.82, 2.24) is 5.32 Å². The zero-order valence-electron chi connectivity index (χ0n) is 12.1. The highest BCUT2D eigenvalue weighted by Gasteiger charge is 2.44. The van der Waals surface area contributed by atoms with Crippen molar-refractivity contribution >= 4 is 17.7 Å². The van der Waals surface area contributed by atoms with Gasteiger partial charge < -0.3 is 10.1 Å². The highest BCUT2D eigenvalue weighted by Crippen LogP contribution is 2.51. The summed E-state index contributed by atoms with van der Waals surface area (Å²) in [7, 11) is 3.52. The van der Waals surface area contributed by atoms with Crippen molar-refractivity contribution in [2.45, 2.75) is 45.6 Å². The summed E-state index contributed by atoms with van der Waals surface area (Å²) in [6.45, 7) is 4.53. The van der Waals surface area contributed by atoms with Gasteiger partial charge in [-0.25, -0.2) is 0 Å². The Labute approximate surface area is 115 Å². The highest BCUT2D eigenvalue weighted by atomic mass is 32.2. The van der Waals surface area contributed by atoms with Crippen molar-refractivity contribution < 1.29 is 9.53 Å². The molecule has 0 aliphatic heterocycles. The van der Waals surface area contributed by atoms with Gasteiger partial charge in [0.2, 0.25) is 0 Å². The predicted octanol–water partition coefficient (Wildman–Crippen LogP) is 2.70. The van der Waals surface area contributed by atoms with E-state index in [-0.39, 0.29) is 11.4 Å². The van der Waals surface area contributed by atoms with Crippen LogP contribution in [0.15, 0.2) is 0 Å². The number of ether oxygens (including phenoxy) is 1. The van der Waals surface area contributed by atoms with Crippen molar-refractivity contribution in [3.63, 3.8) is 0 Å². The molecule has 4 heteroatoms. The summed E-state index contributed by atoms with van der Waals surface area (Å²) in [4.78, 5) is 11.3. The van der Waals surface area contributed by atoms with Crippen LogP contribution in [-0.2, 0) is 9.53 Å². The third-order valence-electron chi connectivity index (χ3n) is 4.11. The monoisotopic (exact) mass is 273 g/mol. The summed E-state index contributed by atoms with van der Waals surface area (Å²) in [5.74, 6) is 2.88. The predicted molar refractivity (Wildman–Crippen MR) is 77.9 cm³/mol. The zero-order valence-corrected chi connectivity index (χ0v) is 12.9. The minimum atomic E-state index is -0.0554. The Kier molecular flexibility index (Phi) is 6.50. The molecule has 2 unspecified atom stereocenters. The van der Waals surface area contributed by atoms with E-state index in [0.29, 0.717) is 18.4 Å². The first kappa shape index (κ1) is 15.8. The molecule has 0 aromatic rings. The van der Waals surface area contributed by atoms with E-state index >= 15 is 0 Å². The van der Waals surface area contributed by atoms with Gasteiger partial charge in [0, 0.05) is 11.8 Å². The minimum Gasteiger partial charge on any atom is -0.469 e. The van der Waals surface area contributed by atoms with Gasteiger partial charge in [0.25, 0.3) is 0 Å². The van der Waals surface area contributed by atoms with Gasteiger partial charge in [-0.2, -0.15) is 11.8 Å². The molecule has 1 fully saturated rings. The Bertz CT molecular complexity index is 267. The van der Waals surface area contributed by atoms with Crippen LogP contribution in [0.4, 0.5) is 0 Å². The molecule has 0 bridgehead atoms. The summed E-state index contributed by atoms with van der Waals surface area (Å²) < 4.78 is 4.77. The molecule has 18 heavy (non-hydrogen) atoms. The van der Waals surface area contributed by atoms with Crippen molar-refractivity contribution in [3.8, 4) is 0 Å². The second kappa shape index (κ2) is 7.39. The van der Waals surface area contributed by atoms with Crippen LogP contribution < -0.4 is 5.32 Å². The fourth-order valence-electron chi connectivity index (χ4n) is 2.15. The molecule has 0 aromatic heterocycles. The Morgan fingerprint density at radius 1 is 1.50 bits per heavy atom. The van der Waals surface area contributed by atoms with Crippen molar-refractivity contribution in [1.29, 1.82) is 0 Å². The van der Waals surface area contributed by atoms with Crippen LogP contribution in [0.5, 0.6) is 0 Å². The lowest BCUT2D eigenvalue weighted by Gasteiger charge is -2.23. The third kappa shape index (κ3) is 4.81. The number of methoxy groups -OCH3 is 1. The Morgan fingerprint density at radius 3 is 2.61 bits per heavy atom. The third-order valence-corrected chi connectivity index (χ3v) is 5.52. The summed E-state index contributed by atoms with van der Waals surface area (Å²) in [6, 6.07) is 0.578. The standard InChI is InChI=1S/C14H27NO2S/c1-5-11(2)12(15-3)9-18-10-14(6-7-14)8-13(16)17-4/h11-12,15H,5-10H2,1-4H3. The number of esters is 1. The topological polar surface area (TPSA) is 38.3 Å². The quantitative estimate of drug-likeness (QED) is 0.656. The molecule has 3 nitrogen and oxygen atoms in total. The van der Waals surface area contributed by atoms with Crippen LogP contribution in [0.3, 0.4) is 0 Å². The maximum atomic E-state index is 11.3. The second-order valence-electron chi connectivity index (χ2n) is 5.55. The first-order valence-corrected chi connectivity index (χ1v) is 8.04. The molecule has 0 spiro atoms. The van der Waals surface area contributed by atoms with Crippen LogP contribution in [0.1, 0.15) is 39.5 Å². The van der Waals surface area contributed by atoms with Crippen LogP contribution in [0.2, 0.25) is 0 Å². The number of hydrogen-bond acceptors (Lipinski definition) is 4. The normalized spacial score (nSPS) is 20.2. The summed E-state index contributed by atoms with van der Waals surface area (Å²) in [5, 5.41) is 3.40. The van der Waals surface area contributed by atoms with E-state index in [1.165, 1.54) is 26.4 Å². The van der Waals surface area contributed by atoms with Crippen LogP contribution >= 0.6 is 11.8 Å². The number of rotatable bonds is 9. The summed E-state index contributed by atoms with van der Waals surface area (Å²) in [5.41, 5.74) is 0.255. The van der Waals surface area contributed by atoms with E-state index in [1.54, 1.807) is 0 Å². The number of thioether (sulfide) groups is 1. The SMILES string of the molecule is CCC(C)C(CSCC1(CC(=O)OC)CC1)NC. The van der Waals surface area contributed by atoms with E-state index in [0.717, 1.165) is 11.5 Å². The van der Waals surface area contributed by atoms with E-state index in [2.05, 4.69) is 19.2 Å². The van der Waals surface area contributed by atoms with Crippen LogP contribution in [0.25, 0.3) is 0 Å². The second-order valence-corrected chi connectivity index (χ2v) is 6.58. The molecule has 0 radical (unpaired) electrons. The first-order valence-electron chi connectivity index (χ1n) is 6.88. The lowest BCUT2D eigenvalue weighted by Crippen LogP contribution is -2.34. The summed E-state index contributed by atoms with van der Waals surface area (Å²) >= 11 is 1.98. The minimum absolute atomic E-state index is 0.0554. The fraction of sp³-hybridized carbons (Fsp3) is 0.929. The maximum Gasteiger partial charge on any atom is 0.306 e. The Morgan fingerprint density at radius 2 is 2.17 bits per heavy atom. The Hall–Kier alpha value is -0.220. The van der Waals surface area contributed by atoms with Crippen molar-refractivity contribution in [2.24, 2.45) is 11.3 Å². The zero-order chi connectivity index (χ0) is 13.6. The van der Waals surface area contributed by atoms with E-state index in [4.69, 9.17) is 4.74 Å². The molecular formula is C14H27NO2S. The van der Waals surface area contributed by atoms with Gasteiger partial charge in [-0.05, 0) is 37.0 Å². The highest BCUT2D eigenvalue weighted by molar-refractivity contribution is 7.99. The average molecular weight is 273 g/mol. The van der Waals surface area contributed by atoms with E-state index < -0.39 is 0 Å². The number of nitrogens with one attached hydrogen (secondary N) is 1. The van der Waals surface area contributed by atoms with Gasteiger partial charge in [-0.15, -0.1) is 0 Å². The van der Waals surface area contributed by atoms with E-state index in [1.807, 2.05) is 18.8 Å². The number of hydrogen-bond donors (Lipinski definition) is 1. The molecule has 1 rings (SSSR count). The average Bonchev–Trinajstić information content (AvgIpc) is 3.13. The first-order chi connectivity index (χ1) is 8.56. The van der Waals surface area contributed by atoms with Gasteiger partial charge in [0.1, 0.15) is 0 Å². The van der Waals surface area contributed by atoms with Gasteiger partial charge in [0.15, 0.2) is 0 Å². The van der Waals surface area contributed by atoms with Gasteiger partial charge in [-0.1, -0.05) is 20.3 Å². The molecule has 1 N–H and O–H groups in total. The van der Waals surface area contributed by atoms with Crippen LogP contribution in [0, 0.1) is 11.3 Å². The lowest BCUT2D eigenvalue weighted by atomic mass is 10.0. The van der Waals surface area contributed by atoms with Gasteiger partial charge in [-0.3, -0.25) is 4.79 Å². The molecule has 2 atom stereocenters. The molecule has 0 saturated heterocycles. The molecule has 106 valence electrons. The Balaban J connectivity index is 2.26.